The molecule has 1 atom stereocenters. The highest BCUT2D eigenvalue weighted by Gasteiger charge is 2.32. The van der Waals surface area contributed by atoms with Crippen molar-refractivity contribution in [3.8, 4) is 0 Å². The first-order valence-corrected chi connectivity index (χ1v) is 6.93. The minimum absolute atomic E-state index is 0.186. The molecule has 1 aliphatic heterocycles. The third-order valence-corrected chi connectivity index (χ3v) is 3.62. The molecule has 0 saturated carbocycles. The van der Waals surface area contributed by atoms with E-state index in [2.05, 4.69) is 0 Å². The number of halogens is 1. The molecule has 1 heterocycles. The van der Waals surface area contributed by atoms with Crippen LogP contribution in [-0.2, 0) is 4.74 Å². The van der Waals surface area contributed by atoms with Crippen molar-refractivity contribution in [2.24, 2.45) is 0 Å². The maximum atomic E-state index is 12.3. The van der Waals surface area contributed by atoms with Crippen molar-refractivity contribution < 1.29 is 9.53 Å². The first-order valence-electron chi connectivity index (χ1n) is 6.56. The number of rotatable bonds is 2. The average Bonchev–Trinajstić information content (AvgIpc) is 2.46. The molecule has 102 valence electrons. The zero-order valence-corrected chi connectivity index (χ0v) is 11.8. The Labute approximate surface area is 122 Å². The monoisotopic (exact) mass is 287 g/mol. The second kappa shape index (κ2) is 5.17. The fraction of sp³-hybridized carbons (Fsp3) is 0.188. The maximum absolute atomic E-state index is 12.3. The minimum Gasteiger partial charge on any atom is -0.441 e. The maximum Gasteiger partial charge on any atom is 0.419 e. The molecule has 1 aliphatic rings. The first-order chi connectivity index (χ1) is 9.70. The first kappa shape index (κ1) is 13.0. The summed E-state index contributed by atoms with van der Waals surface area (Å²) in [5.41, 5.74) is 2.59. The Hall–Kier alpha value is -2.00. The number of nitrogens with zero attached hydrogens (tertiary/aromatic N) is 1. The number of anilines is 2. The molecule has 0 bridgehead atoms. The fourth-order valence-corrected chi connectivity index (χ4v) is 2.65. The van der Waals surface area contributed by atoms with E-state index in [0.717, 1.165) is 17.7 Å². The van der Waals surface area contributed by atoms with E-state index in [9.17, 15) is 4.79 Å². The number of hydrogen-bond donors (Lipinski definition) is 0. The second-order valence-corrected chi connectivity index (χ2v) is 5.09. The molecule has 1 unspecified atom stereocenters. The van der Waals surface area contributed by atoms with E-state index in [1.807, 2.05) is 43.3 Å². The predicted molar refractivity (Wildman–Crippen MR) is 79.5 cm³/mol. The van der Waals surface area contributed by atoms with Crippen LogP contribution in [0.15, 0.2) is 48.5 Å². The molecule has 2 aromatic carbocycles. The van der Waals surface area contributed by atoms with Gasteiger partial charge in [0.05, 0.1) is 11.4 Å². The van der Waals surface area contributed by atoms with E-state index in [1.165, 1.54) is 0 Å². The zero-order chi connectivity index (χ0) is 14.1. The van der Waals surface area contributed by atoms with E-state index in [-0.39, 0.29) is 12.2 Å². The highest BCUT2D eigenvalue weighted by Crippen LogP contribution is 2.40. The van der Waals surface area contributed by atoms with E-state index < -0.39 is 0 Å². The zero-order valence-electron chi connectivity index (χ0n) is 11.0. The number of amides is 1. The molecule has 0 N–H and O–H groups in total. The lowest BCUT2D eigenvalue weighted by Gasteiger charge is -2.33. The van der Waals surface area contributed by atoms with Gasteiger partial charge in [0.1, 0.15) is 6.10 Å². The van der Waals surface area contributed by atoms with Crippen LogP contribution in [0.2, 0.25) is 5.02 Å². The van der Waals surface area contributed by atoms with Gasteiger partial charge >= 0.3 is 6.09 Å². The summed E-state index contributed by atoms with van der Waals surface area (Å²) in [6.07, 6.45) is 0.207. The number of hydrogen-bond acceptors (Lipinski definition) is 2. The van der Waals surface area contributed by atoms with Crippen LogP contribution in [0.5, 0.6) is 0 Å². The minimum atomic E-state index is -0.363. The molecule has 0 aliphatic carbocycles. The molecule has 0 spiro atoms. The quantitative estimate of drug-likeness (QED) is 0.771. The summed E-state index contributed by atoms with van der Waals surface area (Å²) in [7, 11) is 0. The van der Waals surface area contributed by atoms with Gasteiger partial charge in [-0.25, -0.2) is 9.69 Å². The van der Waals surface area contributed by atoms with E-state index in [0.29, 0.717) is 10.7 Å². The Morgan fingerprint density at radius 1 is 1.20 bits per heavy atom. The molecule has 0 radical (unpaired) electrons. The molecular weight excluding hydrogens is 274 g/mol. The van der Waals surface area contributed by atoms with E-state index in [1.54, 1.807) is 17.0 Å². The van der Waals surface area contributed by atoms with Crippen molar-refractivity contribution in [3.05, 3.63) is 59.1 Å². The summed E-state index contributed by atoms with van der Waals surface area (Å²) in [5.74, 6) is 0. The Kier molecular flexibility index (Phi) is 3.36. The molecule has 3 rings (SSSR count). The number of carbonyl (C=O) groups excluding carboxylic acids is 1. The van der Waals surface area contributed by atoms with Gasteiger partial charge < -0.3 is 4.74 Å². The molecule has 1 amide bonds. The lowest BCUT2D eigenvalue weighted by molar-refractivity contribution is 0.0983. The summed E-state index contributed by atoms with van der Waals surface area (Å²) in [6.45, 7) is 2.00. The number of benzene rings is 2. The van der Waals surface area contributed by atoms with Crippen LogP contribution in [0.1, 0.15) is 25.0 Å². The Morgan fingerprint density at radius 3 is 2.75 bits per heavy atom. The molecule has 2 aromatic rings. The molecule has 3 nitrogen and oxygen atoms in total. The summed E-state index contributed by atoms with van der Waals surface area (Å²) in [6, 6.07) is 15.0. The highest BCUT2D eigenvalue weighted by atomic mass is 35.5. The van der Waals surface area contributed by atoms with Crippen LogP contribution in [0.3, 0.4) is 0 Å². The van der Waals surface area contributed by atoms with Crippen LogP contribution in [-0.4, -0.2) is 6.09 Å². The predicted octanol–water partition coefficient (Wildman–Crippen LogP) is 5.08. The van der Waals surface area contributed by atoms with Crippen molar-refractivity contribution in [1.82, 2.24) is 0 Å². The lowest BCUT2D eigenvalue weighted by Crippen LogP contribution is -2.33. The van der Waals surface area contributed by atoms with E-state index >= 15 is 0 Å². The SMILES string of the molecule is CCC1OC(=O)N(c2cccc(Cl)c2)c2ccccc21. The third kappa shape index (κ3) is 2.14. The number of para-hydroxylation sites is 1. The smallest absolute Gasteiger partial charge is 0.419 e. The van der Waals surface area contributed by atoms with Gasteiger partial charge in [0, 0.05) is 10.6 Å². The van der Waals surface area contributed by atoms with Crippen molar-refractivity contribution in [2.75, 3.05) is 4.90 Å². The Bertz CT molecular complexity index is 656. The number of cyclic esters (lactones) is 1. The van der Waals surface area contributed by atoms with Gasteiger partial charge in [-0.05, 0) is 30.7 Å². The average molecular weight is 288 g/mol. The van der Waals surface area contributed by atoms with Crippen LogP contribution in [0.4, 0.5) is 16.2 Å². The molecule has 0 fully saturated rings. The number of carbonyl (C=O) groups is 1. The summed E-state index contributed by atoms with van der Waals surface area (Å²) in [5, 5.41) is 0.588. The summed E-state index contributed by atoms with van der Waals surface area (Å²) in [4.78, 5) is 13.9. The van der Waals surface area contributed by atoms with Gasteiger partial charge in [-0.3, -0.25) is 0 Å². The highest BCUT2D eigenvalue weighted by molar-refractivity contribution is 6.31. The normalized spacial score (nSPS) is 17.6. The Morgan fingerprint density at radius 2 is 2.00 bits per heavy atom. The molecule has 0 aromatic heterocycles. The molecule has 20 heavy (non-hydrogen) atoms. The largest absolute Gasteiger partial charge is 0.441 e. The fourth-order valence-electron chi connectivity index (χ4n) is 2.46. The van der Waals surface area contributed by atoms with Gasteiger partial charge in [-0.2, -0.15) is 0 Å². The van der Waals surface area contributed by atoms with Crippen LogP contribution in [0, 0.1) is 0 Å². The summed E-state index contributed by atoms with van der Waals surface area (Å²) >= 11 is 6.02. The molecule has 4 heteroatoms. The standard InChI is InChI=1S/C16H14ClNO2/c1-2-15-13-8-3-4-9-14(13)18(16(19)20-15)12-7-5-6-11(17)10-12/h3-10,15H,2H2,1H3. The number of fused-ring (bicyclic) bond motifs is 1. The second-order valence-electron chi connectivity index (χ2n) is 4.65. The molecule has 0 saturated heterocycles. The Balaban J connectivity index is 2.14. The van der Waals surface area contributed by atoms with Crippen molar-refractivity contribution in [3.63, 3.8) is 0 Å². The van der Waals surface area contributed by atoms with Gasteiger partial charge in [-0.1, -0.05) is 42.8 Å². The van der Waals surface area contributed by atoms with Gasteiger partial charge in [0.25, 0.3) is 0 Å². The molecular formula is C16H14ClNO2. The van der Waals surface area contributed by atoms with Crippen LogP contribution < -0.4 is 4.90 Å². The topological polar surface area (TPSA) is 29.5 Å². The lowest BCUT2D eigenvalue weighted by atomic mass is 10.0. The van der Waals surface area contributed by atoms with Crippen molar-refractivity contribution in [1.29, 1.82) is 0 Å². The van der Waals surface area contributed by atoms with Gasteiger partial charge in [-0.15, -0.1) is 0 Å². The van der Waals surface area contributed by atoms with E-state index in [4.69, 9.17) is 16.3 Å². The summed E-state index contributed by atoms with van der Waals surface area (Å²) < 4.78 is 5.51. The van der Waals surface area contributed by atoms with Crippen LogP contribution in [0.25, 0.3) is 0 Å². The van der Waals surface area contributed by atoms with Crippen molar-refractivity contribution in [2.45, 2.75) is 19.4 Å². The van der Waals surface area contributed by atoms with Crippen molar-refractivity contribution >= 4 is 29.1 Å². The van der Waals surface area contributed by atoms with Crippen LogP contribution >= 0.6 is 11.6 Å². The number of ether oxygens (including phenoxy) is 1. The van der Waals surface area contributed by atoms with Gasteiger partial charge in [0.15, 0.2) is 0 Å². The third-order valence-electron chi connectivity index (χ3n) is 3.39. The van der Waals surface area contributed by atoms with Gasteiger partial charge in [0.2, 0.25) is 0 Å².